The van der Waals surface area contributed by atoms with Crippen molar-refractivity contribution in [2.45, 2.75) is 13.0 Å². The Kier molecular flexibility index (Phi) is 4.71. The lowest BCUT2D eigenvalue weighted by molar-refractivity contribution is 0.621. The van der Waals surface area contributed by atoms with Gasteiger partial charge in [0.15, 0.2) is 0 Å². The van der Waals surface area contributed by atoms with Gasteiger partial charge in [-0.25, -0.2) is 4.39 Å². The third-order valence-corrected chi connectivity index (χ3v) is 4.19. The molecule has 5 heteroatoms. The number of rotatable bonds is 3. The zero-order valence-corrected chi connectivity index (χ0v) is 13.2. The topological polar surface area (TPSA) is 12.0 Å². The maximum absolute atomic E-state index is 13.2. The summed E-state index contributed by atoms with van der Waals surface area (Å²) in [6.45, 7) is 1.97. The minimum atomic E-state index is -0.293. The summed E-state index contributed by atoms with van der Waals surface area (Å²) in [6.07, 6.45) is 0. The maximum Gasteiger partial charge on any atom is 0.137 e. The molecule has 2 aromatic carbocycles. The lowest BCUT2D eigenvalue weighted by atomic mass is 10.1. The molecule has 0 amide bonds. The lowest BCUT2D eigenvalue weighted by Gasteiger charge is -2.17. The van der Waals surface area contributed by atoms with Crippen LogP contribution in [0.15, 0.2) is 40.9 Å². The zero-order chi connectivity index (χ0) is 14.0. The van der Waals surface area contributed by atoms with Crippen molar-refractivity contribution in [3.05, 3.63) is 62.3 Å². The van der Waals surface area contributed by atoms with E-state index in [9.17, 15) is 4.39 Å². The number of benzene rings is 2. The molecule has 0 aliphatic carbocycles. The van der Waals surface area contributed by atoms with E-state index < -0.39 is 0 Å². The Morgan fingerprint density at radius 3 is 2.63 bits per heavy atom. The molecule has 0 saturated heterocycles. The van der Waals surface area contributed by atoms with Crippen LogP contribution in [-0.4, -0.2) is 0 Å². The number of nitrogens with one attached hydrogen (secondary N) is 1. The van der Waals surface area contributed by atoms with Gasteiger partial charge in [-0.15, -0.1) is 0 Å². The molecule has 1 atom stereocenters. The van der Waals surface area contributed by atoms with Crippen LogP contribution in [0.3, 0.4) is 0 Å². The zero-order valence-electron chi connectivity index (χ0n) is 10.1. The van der Waals surface area contributed by atoms with Crippen LogP contribution < -0.4 is 5.32 Å². The van der Waals surface area contributed by atoms with Gasteiger partial charge in [-0.2, -0.15) is 0 Å². The number of hydrogen-bond acceptors (Lipinski definition) is 1. The van der Waals surface area contributed by atoms with Crippen molar-refractivity contribution < 1.29 is 4.39 Å². The molecule has 0 heterocycles. The third-order valence-electron chi connectivity index (χ3n) is 2.75. The van der Waals surface area contributed by atoms with Crippen LogP contribution in [0.4, 0.5) is 10.1 Å². The largest absolute Gasteiger partial charge is 0.378 e. The van der Waals surface area contributed by atoms with E-state index in [-0.39, 0.29) is 11.9 Å². The Hall–Kier alpha value is -0.770. The van der Waals surface area contributed by atoms with Gasteiger partial charge in [-0.05, 0) is 52.7 Å². The summed E-state index contributed by atoms with van der Waals surface area (Å²) in [5.41, 5.74) is 1.70. The normalized spacial score (nSPS) is 12.3. The Balaban J connectivity index is 2.23. The standard InChI is InChI=1S/C14H11BrCl2FN/c1-8(10-3-2-4-12(16)14(10)17)19-9-5-6-13(18)11(15)7-9/h2-8,19H,1H3. The van der Waals surface area contributed by atoms with E-state index >= 15 is 0 Å². The van der Waals surface area contributed by atoms with E-state index in [4.69, 9.17) is 23.2 Å². The fraction of sp³-hybridized carbons (Fsp3) is 0.143. The predicted molar refractivity (Wildman–Crippen MR) is 82.6 cm³/mol. The van der Waals surface area contributed by atoms with Gasteiger partial charge in [0.2, 0.25) is 0 Å². The second-order valence-electron chi connectivity index (χ2n) is 4.14. The molecule has 0 aliphatic rings. The van der Waals surface area contributed by atoms with Crippen molar-refractivity contribution in [2.24, 2.45) is 0 Å². The highest BCUT2D eigenvalue weighted by molar-refractivity contribution is 9.10. The highest BCUT2D eigenvalue weighted by Crippen LogP contribution is 2.32. The van der Waals surface area contributed by atoms with Crippen molar-refractivity contribution in [2.75, 3.05) is 5.32 Å². The highest BCUT2D eigenvalue weighted by atomic mass is 79.9. The van der Waals surface area contributed by atoms with Gasteiger partial charge in [0.05, 0.1) is 20.6 Å². The van der Waals surface area contributed by atoms with Gasteiger partial charge in [-0.3, -0.25) is 0 Å². The Morgan fingerprint density at radius 2 is 1.95 bits per heavy atom. The molecule has 0 bridgehead atoms. The van der Waals surface area contributed by atoms with Crippen LogP contribution in [0.1, 0.15) is 18.5 Å². The van der Waals surface area contributed by atoms with E-state index in [0.29, 0.717) is 14.5 Å². The first-order valence-corrected chi connectivity index (χ1v) is 7.19. The minimum Gasteiger partial charge on any atom is -0.378 e. The second-order valence-corrected chi connectivity index (χ2v) is 5.78. The molecule has 1 unspecified atom stereocenters. The van der Waals surface area contributed by atoms with E-state index in [1.165, 1.54) is 6.07 Å². The van der Waals surface area contributed by atoms with Crippen LogP contribution in [0, 0.1) is 5.82 Å². The molecule has 0 saturated carbocycles. The van der Waals surface area contributed by atoms with E-state index in [1.807, 2.05) is 19.1 Å². The first-order chi connectivity index (χ1) is 8.99. The molecule has 0 aliphatic heterocycles. The summed E-state index contributed by atoms with van der Waals surface area (Å²) >= 11 is 15.3. The number of halogens is 4. The van der Waals surface area contributed by atoms with Crippen LogP contribution in [0.5, 0.6) is 0 Å². The first kappa shape index (κ1) is 14.6. The summed E-state index contributed by atoms with van der Waals surface area (Å²) in [5.74, 6) is -0.293. The average molecular weight is 363 g/mol. The van der Waals surface area contributed by atoms with Crippen molar-refractivity contribution >= 4 is 44.8 Å². The van der Waals surface area contributed by atoms with E-state index in [2.05, 4.69) is 21.2 Å². The van der Waals surface area contributed by atoms with E-state index in [1.54, 1.807) is 18.2 Å². The minimum absolute atomic E-state index is 0.0384. The summed E-state index contributed by atoms with van der Waals surface area (Å²) < 4.78 is 13.6. The molecular weight excluding hydrogens is 352 g/mol. The maximum atomic E-state index is 13.2. The van der Waals surface area contributed by atoms with Crippen molar-refractivity contribution in [3.8, 4) is 0 Å². The average Bonchev–Trinajstić information content (AvgIpc) is 2.37. The van der Waals surface area contributed by atoms with Gasteiger partial charge in [0.1, 0.15) is 5.82 Å². The molecule has 2 rings (SSSR count). The molecular formula is C14H11BrCl2FN. The Labute approximate surface area is 129 Å². The molecule has 0 fully saturated rings. The van der Waals surface area contributed by atoms with Gasteiger partial charge in [-0.1, -0.05) is 35.3 Å². The summed E-state index contributed by atoms with van der Waals surface area (Å²) in [7, 11) is 0. The van der Waals surface area contributed by atoms with Crippen LogP contribution >= 0.6 is 39.1 Å². The highest BCUT2D eigenvalue weighted by Gasteiger charge is 2.12. The summed E-state index contributed by atoms with van der Waals surface area (Å²) in [5, 5.41) is 4.31. The van der Waals surface area contributed by atoms with Crippen LogP contribution in [0.2, 0.25) is 10.0 Å². The number of anilines is 1. The molecule has 0 spiro atoms. The van der Waals surface area contributed by atoms with Crippen molar-refractivity contribution in [3.63, 3.8) is 0 Å². The lowest BCUT2D eigenvalue weighted by Crippen LogP contribution is -2.07. The van der Waals surface area contributed by atoms with Crippen molar-refractivity contribution in [1.29, 1.82) is 0 Å². The number of hydrogen-bond donors (Lipinski definition) is 1. The fourth-order valence-corrected chi connectivity index (χ4v) is 2.62. The SMILES string of the molecule is CC(Nc1ccc(F)c(Br)c1)c1cccc(Cl)c1Cl. The van der Waals surface area contributed by atoms with E-state index in [0.717, 1.165) is 11.3 Å². The monoisotopic (exact) mass is 361 g/mol. The van der Waals surface area contributed by atoms with Crippen LogP contribution in [0.25, 0.3) is 0 Å². The Morgan fingerprint density at radius 1 is 1.21 bits per heavy atom. The van der Waals surface area contributed by atoms with Gasteiger partial charge < -0.3 is 5.32 Å². The molecule has 100 valence electrons. The molecule has 19 heavy (non-hydrogen) atoms. The molecule has 0 aromatic heterocycles. The molecule has 1 N–H and O–H groups in total. The first-order valence-electron chi connectivity index (χ1n) is 5.64. The quantitative estimate of drug-likeness (QED) is 0.698. The molecule has 0 radical (unpaired) electrons. The molecule has 2 aromatic rings. The van der Waals surface area contributed by atoms with Gasteiger partial charge in [0.25, 0.3) is 0 Å². The predicted octanol–water partition coefficient (Wildman–Crippen LogP) is 6.07. The van der Waals surface area contributed by atoms with Crippen LogP contribution in [-0.2, 0) is 0 Å². The molecule has 1 nitrogen and oxygen atoms in total. The van der Waals surface area contributed by atoms with Gasteiger partial charge in [0, 0.05) is 5.69 Å². The second kappa shape index (κ2) is 6.12. The summed E-state index contributed by atoms with van der Waals surface area (Å²) in [4.78, 5) is 0. The van der Waals surface area contributed by atoms with Gasteiger partial charge >= 0.3 is 0 Å². The Bertz CT molecular complexity index is 604. The van der Waals surface area contributed by atoms with Crippen molar-refractivity contribution in [1.82, 2.24) is 0 Å². The fourth-order valence-electron chi connectivity index (χ4n) is 1.77. The summed E-state index contributed by atoms with van der Waals surface area (Å²) in [6, 6.07) is 10.2. The smallest absolute Gasteiger partial charge is 0.137 e. The third kappa shape index (κ3) is 3.41.